The lowest BCUT2D eigenvalue weighted by molar-refractivity contribution is 0.137. The molecule has 228 valence electrons. The summed E-state index contributed by atoms with van der Waals surface area (Å²) in [7, 11) is 3.29. The van der Waals surface area contributed by atoms with E-state index in [1.165, 1.54) is 5.56 Å². The maximum atomic E-state index is 12.3. The number of nitrogens with one attached hydrogen (secondary N) is 2. The molecule has 1 fully saturated rings. The van der Waals surface area contributed by atoms with Crippen LogP contribution >= 0.6 is 0 Å². The number of benzene rings is 2. The molecule has 5 N–H and O–H groups in total. The minimum absolute atomic E-state index is 0.0836. The topological polar surface area (TPSA) is 132 Å². The van der Waals surface area contributed by atoms with Gasteiger partial charge < -0.3 is 35.7 Å². The van der Waals surface area contributed by atoms with Gasteiger partial charge in [-0.3, -0.25) is 9.59 Å². The molecule has 0 bridgehead atoms. The van der Waals surface area contributed by atoms with E-state index < -0.39 is 23.0 Å². The number of aliphatic hydroxyl groups excluding tert-OH is 1. The van der Waals surface area contributed by atoms with Crippen molar-refractivity contribution in [2.24, 2.45) is 17.6 Å². The predicted octanol–water partition coefficient (Wildman–Crippen LogP) is 3.68. The number of nitrogens with two attached hydrogens (primary N) is 1. The number of hydrogen-bond donors (Lipinski definition) is 4. The molecule has 9 heteroatoms. The van der Waals surface area contributed by atoms with Gasteiger partial charge in [0, 0.05) is 44.7 Å². The van der Waals surface area contributed by atoms with Crippen LogP contribution in [-0.2, 0) is 11.2 Å². The van der Waals surface area contributed by atoms with Crippen molar-refractivity contribution in [3.8, 4) is 11.5 Å². The molecule has 0 aliphatic heterocycles. The van der Waals surface area contributed by atoms with Gasteiger partial charge in [0.05, 0.1) is 19.8 Å². The van der Waals surface area contributed by atoms with Crippen LogP contribution in [-0.4, -0.2) is 57.3 Å². The Morgan fingerprint density at radius 1 is 1.00 bits per heavy atom. The first-order chi connectivity index (χ1) is 20.2. The third-order valence-electron chi connectivity index (χ3n) is 8.23. The normalized spacial score (nSPS) is 18.5. The Bertz CT molecular complexity index is 1350. The van der Waals surface area contributed by atoms with Crippen LogP contribution in [0.25, 0.3) is 0 Å². The lowest BCUT2D eigenvalue weighted by Gasteiger charge is -2.28. The highest BCUT2D eigenvalue weighted by Gasteiger charge is 2.40. The first kappa shape index (κ1) is 31.5. The number of methoxy groups -OCH3 is 2. The van der Waals surface area contributed by atoms with Crippen molar-refractivity contribution in [2.45, 2.75) is 63.6 Å². The Labute approximate surface area is 248 Å². The largest absolute Gasteiger partial charge is 0.493 e. The molecule has 0 radical (unpaired) electrons. The van der Waals surface area contributed by atoms with E-state index in [2.05, 4.69) is 36.6 Å². The SMILES string of the molecule is COCCCOc1cc(C[C@@H](C[C@H](N)[C@@H](O)CNc2c(NC3CC3c3ccccc3)c(=O)c2=O)C(C)C)ccc1OC. The van der Waals surface area contributed by atoms with Crippen molar-refractivity contribution in [3.63, 3.8) is 0 Å². The van der Waals surface area contributed by atoms with Crippen LogP contribution in [0.3, 0.4) is 0 Å². The molecule has 9 nitrogen and oxygen atoms in total. The van der Waals surface area contributed by atoms with Crippen LogP contribution in [0.15, 0.2) is 58.1 Å². The van der Waals surface area contributed by atoms with Gasteiger partial charge in [0.2, 0.25) is 0 Å². The Morgan fingerprint density at radius 3 is 2.43 bits per heavy atom. The summed E-state index contributed by atoms with van der Waals surface area (Å²) in [5.74, 6) is 2.22. The maximum absolute atomic E-state index is 12.3. The molecule has 3 aromatic rings. The van der Waals surface area contributed by atoms with Gasteiger partial charge in [0.25, 0.3) is 10.9 Å². The molecule has 0 aromatic heterocycles. The van der Waals surface area contributed by atoms with Crippen LogP contribution < -0.4 is 36.7 Å². The molecule has 2 unspecified atom stereocenters. The molecule has 0 saturated heterocycles. The molecule has 1 saturated carbocycles. The van der Waals surface area contributed by atoms with Gasteiger partial charge in [-0.05, 0) is 54.4 Å². The van der Waals surface area contributed by atoms with Crippen LogP contribution in [0.2, 0.25) is 0 Å². The van der Waals surface area contributed by atoms with E-state index in [4.69, 9.17) is 19.9 Å². The van der Waals surface area contributed by atoms with Crippen LogP contribution in [0.5, 0.6) is 11.5 Å². The monoisotopic (exact) mass is 579 g/mol. The Balaban J connectivity index is 1.31. The van der Waals surface area contributed by atoms with Gasteiger partial charge in [-0.2, -0.15) is 0 Å². The smallest absolute Gasteiger partial charge is 0.253 e. The minimum Gasteiger partial charge on any atom is -0.493 e. The molecule has 0 heterocycles. The fourth-order valence-electron chi connectivity index (χ4n) is 5.41. The number of hydrogen-bond acceptors (Lipinski definition) is 9. The summed E-state index contributed by atoms with van der Waals surface area (Å²) in [5.41, 5.74) is 8.25. The van der Waals surface area contributed by atoms with Crippen LogP contribution in [0.1, 0.15) is 50.2 Å². The van der Waals surface area contributed by atoms with Crippen LogP contribution in [0.4, 0.5) is 11.4 Å². The summed E-state index contributed by atoms with van der Waals surface area (Å²) < 4.78 is 16.5. The van der Waals surface area contributed by atoms with E-state index >= 15 is 0 Å². The summed E-state index contributed by atoms with van der Waals surface area (Å²) in [6.07, 6.45) is 2.15. The van der Waals surface area contributed by atoms with Crippen molar-refractivity contribution >= 4 is 11.4 Å². The van der Waals surface area contributed by atoms with Crippen molar-refractivity contribution in [3.05, 3.63) is 80.1 Å². The number of anilines is 2. The van der Waals surface area contributed by atoms with E-state index in [-0.39, 0.29) is 24.2 Å². The molecule has 0 amide bonds. The van der Waals surface area contributed by atoms with E-state index in [0.29, 0.717) is 48.7 Å². The fraction of sp³-hybridized carbons (Fsp3) is 0.515. The standard InChI is InChI=1S/C33H45N3O6/c1-20(2)23(15-21-11-12-28(41-4)29(16-21)42-14-8-13-40-3)17-25(34)27(37)19-35-30-31(33(39)32(30)38)36-26-18-24(26)22-9-6-5-7-10-22/h5-7,9-12,16,20,23-27,35-37H,8,13-15,17-19,34H2,1-4H3/t23-,24?,25-,26?,27-/m0/s1. The summed E-state index contributed by atoms with van der Waals surface area (Å²) >= 11 is 0. The Kier molecular flexibility index (Phi) is 11.0. The van der Waals surface area contributed by atoms with Gasteiger partial charge in [0.1, 0.15) is 11.4 Å². The summed E-state index contributed by atoms with van der Waals surface area (Å²) in [4.78, 5) is 24.6. The second-order valence-corrected chi connectivity index (χ2v) is 11.6. The van der Waals surface area contributed by atoms with Gasteiger partial charge >= 0.3 is 0 Å². The number of aliphatic hydroxyl groups is 1. The summed E-state index contributed by atoms with van der Waals surface area (Å²) in [5, 5.41) is 17.1. The molecule has 3 aromatic carbocycles. The van der Waals surface area contributed by atoms with E-state index in [1.54, 1.807) is 14.2 Å². The maximum Gasteiger partial charge on any atom is 0.253 e. The zero-order valence-corrected chi connectivity index (χ0v) is 25.1. The first-order valence-corrected chi connectivity index (χ1v) is 14.8. The first-order valence-electron chi connectivity index (χ1n) is 14.8. The molecular weight excluding hydrogens is 534 g/mol. The highest BCUT2D eigenvalue weighted by Crippen LogP contribution is 2.43. The Hall–Kier alpha value is -3.40. The molecule has 4 rings (SSSR count). The second kappa shape index (κ2) is 14.7. The molecule has 5 atom stereocenters. The Morgan fingerprint density at radius 2 is 1.74 bits per heavy atom. The average molecular weight is 580 g/mol. The van der Waals surface area contributed by atoms with Gasteiger partial charge in [0.15, 0.2) is 11.5 Å². The second-order valence-electron chi connectivity index (χ2n) is 11.6. The van der Waals surface area contributed by atoms with Crippen LogP contribution in [0, 0.1) is 11.8 Å². The van der Waals surface area contributed by atoms with Gasteiger partial charge in [-0.15, -0.1) is 0 Å². The van der Waals surface area contributed by atoms with Gasteiger partial charge in [-0.1, -0.05) is 50.2 Å². The third-order valence-corrected chi connectivity index (χ3v) is 8.23. The molecule has 1 aliphatic rings. The van der Waals surface area contributed by atoms with E-state index in [9.17, 15) is 14.7 Å². The highest BCUT2D eigenvalue weighted by molar-refractivity contribution is 5.75. The van der Waals surface area contributed by atoms with E-state index in [1.807, 2.05) is 36.4 Å². The fourth-order valence-corrected chi connectivity index (χ4v) is 5.41. The van der Waals surface area contributed by atoms with Crippen molar-refractivity contribution in [2.75, 3.05) is 44.6 Å². The van der Waals surface area contributed by atoms with E-state index in [0.717, 1.165) is 24.8 Å². The molecule has 0 spiro atoms. The highest BCUT2D eigenvalue weighted by atomic mass is 16.5. The minimum atomic E-state index is -0.892. The summed E-state index contributed by atoms with van der Waals surface area (Å²) in [6, 6.07) is 15.7. The summed E-state index contributed by atoms with van der Waals surface area (Å²) in [6.45, 7) is 5.54. The quantitative estimate of drug-likeness (QED) is 0.132. The molecule has 1 aliphatic carbocycles. The van der Waals surface area contributed by atoms with Crippen molar-refractivity contribution in [1.82, 2.24) is 0 Å². The average Bonchev–Trinajstić information content (AvgIpc) is 3.78. The van der Waals surface area contributed by atoms with Crippen molar-refractivity contribution in [1.29, 1.82) is 0 Å². The lowest BCUT2D eigenvalue weighted by Crippen LogP contribution is -2.44. The third kappa shape index (κ3) is 7.91. The van der Waals surface area contributed by atoms with Crippen molar-refractivity contribution < 1.29 is 19.3 Å². The van der Waals surface area contributed by atoms with Gasteiger partial charge in [-0.25, -0.2) is 0 Å². The molecule has 42 heavy (non-hydrogen) atoms. The number of rotatable bonds is 18. The lowest BCUT2D eigenvalue weighted by atomic mass is 9.83. The zero-order chi connectivity index (χ0) is 30.2. The number of ether oxygens (including phenoxy) is 3. The molecular formula is C33H45N3O6. The zero-order valence-electron chi connectivity index (χ0n) is 25.1. The predicted molar refractivity (Wildman–Crippen MR) is 167 cm³/mol.